The summed E-state index contributed by atoms with van der Waals surface area (Å²) in [5, 5.41) is 0.509. The van der Waals surface area contributed by atoms with Gasteiger partial charge in [0.15, 0.2) is 11.4 Å². The first kappa shape index (κ1) is 34.7. The molecule has 0 aliphatic heterocycles. The number of methoxy groups -OCH3 is 2. The van der Waals surface area contributed by atoms with Gasteiger partial charge in [-0.2, -0.15) is 0 Å². The van der Waals surface area contributed by atoms with E-state index in [1.54, 1.807) is 32.5 Å². The third-order valence-corrected chi connectivity index (χ3v) is 10.4. The van der Waals surface area contributed by atoms with E-state index in [2.05, 4.69) is 29.6 Å². The average Bonchev–Trinajstić information content (AvgIpc) is 3.39. The minimum atomic E-state index is -1.30. The summed E-state index contributed by atoms with van der Waals surface area (Å²) in [6, 6.07) is 21.5. The summed E-state index contributed by atoms with van der Waals surface area (Å²) < 4.78 is 41.1. The lowest BCUT2D eigenvalue weighted by molar-refractivity contribution is 0.0850. The van der Waals surface area contributed by atoms with Crippen molar-refractivity contribution in [3.63, 3.8) is 0 Å². The highest BCUT2D eigenvalue weighted by molar-refractivity contribution is 6.76. The highest BCUT2D eigenvalue weighted by atomic mass is 28.3. The van der Waals surface area contributed by atoms with Crippen LogP contribution in [0.3, 0.4) is 0 Å². The van der Waals surface area contributed by atoms with E-state index in [4.69, 9.17) is 24.4 Å². The Balaban J connectivity index is 1.47. The number of aromatic nitrogens is 3. The zero-order valence-corrected chi connectivity index (χ0v) is 30.2. The average molecular weight is 696 g/mol. The fourth-order valence-corrected chi connectivity index (χ4v) is 6.69. The van der Waals surface area contributed by atoms with Crippen molar-refractivity contribution in [1.29, 1.82) is 0 Å². The SMILES string of the molecule is COc1ccc(CN(Cc2ccc(OC)cc2)c2c(F)c(-c3cc4oc(=O)n(COCC[Si](C)(C)C)c4cc3C)cc3nc(N)ncc23)cc1. The number of oxazole rings is 1. The number of rotatable bonds is 13. The van der Waals surface area contributed by atoms with Gasteiger partial charge in [-0.3, -0.25) is 0 Å². The molecule has 0 aliphatic rings. The third kappa shape index (κ3) is 7.51. The largest absolute Gasteiger partial charge is 0.497 e. The Bertz CT molecular complexity index is 2140. The summed E-state index contributed by atoms with van der Waals surface area (Å²) in [4.78, 5) is 23.7. The van der Waals surface area contributed by atoms with E-state index in [1.807, 2.05) is 66.4 Å². The predicted molar refractivity (Wildman–Crippen MR) is 198 cm³/mol. The van der Waals surface area contributed by atoms with Crippen LogP contribution >= 0.6 is 0 Å². The molecule has 10 nitrogen and oxygen atoms in total. The molecule has 12 heteroatoms. The Labute approximate surface area is 291 Å². The molecule has 0 spiro atoms. The quantitative estimate of drug-likeness (QED) is 0.0955. The molecule has 2 N–H and O–H groups in total. The van der Waals surface area contributed by atoms with Crippen LogP contribution in [0.2, 0.25) is 25.7 Å². The van der Waals surface area contributed by atoms with Gasteiger partial charge in [-0.1, -0.05) is 43.9 Å². The summed E-state index contributed by atoms with van der Waals surface area (Å²) in [5.41, 5.74) is 11.3. The number of hydrogen-bond donors (Lipinski definition) is 1. The van der Waals surface area contributed by atoms with Crippen LogP contribution in [0.15, 0.2) is 82.1 Å². The molecule has 2 aromatic heterocycles. The molecule has 6 rings (SSSR count). The molecule has 0 saturated carbocycles. The maximum Gasteiger partial charge on any atom is 0.421 e. The number of nitrogen functional groups attached to an aromatic ring is 1. The molecule has 260 valence electrons. The number of nitrogens with two attached hydrogens (primary N) is 1. The summed E-state index contributed by atoms with van der Waals surface area (Å²) in [6.07, 6.45) is 1.56. The summed E-state index contributed by atoms with van der Waals surface area (Å²) in [6.45, 7) is 10.1. The summed E-state index contributed by atoms with van der Waals surface area (Å²) in [5.74, 6) is 0.522. The van der Waals surface area contributed by atoms with Crippen LogP contribution in [-0.2, 0) is 24.6 Å². The number of benzene rings is 4. The van der Waals surface area contributed by atoms with E-state index < -0.39 is 19.6 Å². The topological polar surface area (TPSA) is 118 Å². The van der Waals surface area contributed by atoms with Gasteiger partial charge in [0.25, 0.3) is 0 Å². The molecule has 50 heavy (non-hydrogen) atoms. The number of ether oxygens (including phenoxy) is 3. The Morgan fingerprint density at radius 1 is 0.920 bits per heavy atom. The van der Waals surface area contributed by atoms with Gasteiger partial charge in [0.1, 0.15) is 18.2 Å². The van der Waals surface area contributed by atoms with Gasteiger partial charge in [-0.15, -0.1) is 0 Å². The van der Waals surface area contributed by atoms with Gasteiger partial charge >= 0.3 is 5.76 Å². The Morgan fingerprint density at radius 2 is 1.54 bits per heavy atom. The fraction of sp³-hybridized carbons (Fsp3) is 0.289. The molecule has 0 atom stereocenters. The fourth-order valence-electron chi connectivity index (χ4n) is 5.93. The number of aryl methyl sites for hydroxylation is 1. The lowest BCUT2D eigenvalue weighted by atomic mass is 9.96. The predicted octanol–water partition coefficient (Wildman–Crippen LogP) is 7.77. The van der Waals surface area contributed by atoms with E-state index in [0.29, 0.717) is 58.5 Å². The number of halogens is 1. The zero-order chi connectivity index (χ0) is 35.6. The molecule has 6 aromatic rings. The van der Waals surface area contributed by atoms with Crippen LogP contribution in [0.5, 0.6) is 11.5 Å². The van der Waals surface area contributed by atoms with Crippen LogP contribution in [0.25, 0.3) is 33.1 Å². The lowest BCUT2D eigenvalue weighted by Crippen LogP contribution is -2.24. The molecule has 0 bridgehead atoms. The molecule has 0 amide bonds. The monoisotopic (exact) mass is 695 g/mol. The first-order valence-electron chi connectivity index (χ1n) is 16.4. The standard InChI is InChI=1S/C38H42FN5O5Si/c1-24-17-33-34(49-38(45)44(33)23-48-15-16-50(4,5)6)19-29(24)30-18-32-31(20-41-37(40)42-32)36(35(30)39)43(21-25-7-11-27(46-2)12-8-25)22-26-9-13-28(47-3)14-10-26/h7-14,17-20H,15-16,21-23H2,1-6H3,(H2,40,41,42). The van der Waals surface area contributed by atoms with Crippen molar-refractivity contribution >= 4 is 41.7 Å². The van der Waals surface area contributed by atoms with E-state index in [9.17, 15) is 4.79 Å². The van der Waals surface area contributed by atoms with Crippen molar-refractivity contribution in [1.82, 2.24) is 14.5 Å². The molecule has 0 fully saturated rings. The van der Waals surface area contributed by atoms with E-state index in [-0.39, 0.29) is 12.7 Å². The Hall–Kier alpha value is -5.20. The van der Waals surface area contributed by atoms with Crippen molar-refractivity contribution < 1.29 is 23.0 Å². The molecule has 0 saturated heterocycles. The summed E-state index contributed by atoms with van der Waals surface area (Å²) >= 11 is 0. The Kier molecular flexibility index (Phi) is 9.94. The molecular weight excluding hydrogens is 654 g/mol. The van der Waals surface area contributed by atoms with Crippen molar-refractivity contribution in [2.75, 3.05) is 31.5 Å². The van der Waals surface area contributed by atoms with Gasteiger partial charge in [0, 0.05) is 44.9 Å². The number of anilines is 2. The number of nitrogens with zero attached hydrogens (tertiary/aromatic N) is 4. The van der Waals surface area contributed by atoms with Crippen LogP contribution in [0, 0.1) is 12.7 Å². The second kappa shape index (κ2) is 14.3. The third-order valence-electron chi connectivity index (χ3n) is 8.72. The van der Waals surface area contributed by atoms with Gasteiger partial charge < -0.3 is 29.3 Å². The molecule has 4 aromatic carbocycles. The maximum atomic E-state index is 17.4. The van der Waals surface area contributed by atoms with E-state index in [1.165, 1.54) is 4.57 Å². The van der Waals surface area contributed by atoms with Gasteiger partial charge in [0.2, 0.25) is 5.95 Å². The molecule has 0 radical (unpaired) electrons. The Morgan fingerprint density at radius 3 is 2.12 bits per heavy atom. The first-order chi connectivity index (χ1) is 23.9. The van der Waals surface area contributed by atoms with Gasteiger partial charge in [0.05, 0.1) is 30.9 Å². The maximum absolute atomic E-state index is 17.4. The normalized spacial score (nSPS) is 11.7. The molecule has 2 heterocycles. The highest BCUT2D eigenvalue weighted by Gasteiger charge is 2.24. The molecule has 0 aliphatic carbocycles. The van der Waals surface area contributed by atoms with Crippen LogP contribution in [-0.4, -0.2) is 43.4 Å². The van der Waals surface area contributed by atoms with Crippen molar-refractivity contribution in [2.24, 2.45) is 0 Å². The minimum absolute atomic E-state index is 0.0715. The number of fused-ring (bicyclic) bond motifs is 2. The highest BCUT2D eigenvalue weighted by Crippen LogP contribution is 2.40. The number of hydrogen-bond acceptors (Lipinski definition) is 9. The van der Waals surface area contributed by atoms with Crippen molar-refractivity contribution in [3.05, 3.63) is 106 Å². The molecule has 0 unspecified atom stereocenters. The smallest absolute Gasteiger partial charge is 0.421 e. The second-order valence-electron chi connectivity index (χ2n) is 13.6. The second-order valence-corrected chi connectivity index (χ2v) is 19.2. The van der Waals surface area contributed by atoms with Gasteiger partial charge in [-0.25, -0.2) is 23.7 Å². The lowest BCUT2D eigenvalue weighted by Gasteiger charge is -2.28. The zero-order valence-electron chi connectivity index (χ0n) is 29.2. The van der Waals surface area contributed by atoms with Crippen LogP contribution in [0.1, 0.15) is 16.7 Å². The molecular formula is C38H42FN5O5Si. The minimum Gasteiger partial charge on any atom is -0.497 e. The van der Waals surface area contributed by atoms with Crippen LogP contribution < -0.4 is 25.9 Å². The van der Waals surface area contributed by atoms with E-state index >= 15 is 4.39 Å². The van der Waals surface area contributed by atoms with Crippen LogP contribution in [0.4, 0.5) is 16.0 Å². The van der Waals surface area contributed by atoms with Crippen molar-refractivity contribution in [2.45, 2.75) is 52.4 Å². The first-order valence-corrected chi connectivity index (χ1v) is 20.1. The van der Waals surface area contributed by atoms with Crippen molar-refractivity contribution in [3.8, 4) is 22.6 Å². The summed E-state index contributed by atoms with van der Waals surface area (Å²) in [7, 11) is 1.94. The van der Waals surface area contributed by atoms with Gasteiger partial charge in [-0.05, 0) is 77.7 Å². The van der Waals surface area contributed by atoms with E-state index in [0.717, 1.165) is 34.2 Å².